The Kier molecular flexibility index (Phi) is 4.58. The smallest absolute Gasteiger partial charge is 0.0558 e. The number of β-amino-alcohol motifs (C(OH)–C–C–N with tert-alkyl or cyclic N) is 1. The predicted molar refractivity (Wildman–Crippen MR) is 50.2 cm³/mol. The standard InChI is InChI=1S/C9H20N2O/c1-10-7-9-3-2-4-11(8-9)5-6-12/h9-10,12H,2-8H2,1H3. The van der Waals surface area contributed by atoms with Crippen LogP contribution in [0.2, 0.25) is 0 Å². The second-order valence-corrected chi connectivity index (χ2v) is 3.59. The molecule has 0 amide bonds. The minimum Gasteiger partial charge on any atom is -0.395 e. The number of nitrogens with one attached hydrogen (secondary N) is 1. The Balaban J connectivity index is 2.20. The van der Waals surface area contributed by atoms with Gasteiger partial charge in [-0.1, -0.05) is 0 Å². The van der Waals surface area contributed by atoms with E-state index >= 15 is 0 Å². The molecule has 72 valence electrons. The van der Waals surface area contributed by atoms with E-state index in [0.717, 1.165) is 25.6 Å². The van der Waals surface area contributed by atoms with Gasteiger partial charge in [0.05, 0.1) is 6.61 Å². The summed E-state index contributed by atoms with van der Waals surface area (Å²) in [6.45, 7) is 4.58. The van der Waals surface area contributed by atoms with Crippen molar-refractivity contribution in [3.63, 3.8) is 0 Å². The van der Waals surface area contributed by atoms with Crippen molar-refractivity contribution in [2.45, 2.75) is 12.8 Å². The van der Waals surface area contributed by atoms with E-state index in [-0.39, 0.29) is 0 Å². The molecule has 0 aromatic heterocycles. The number of nitrogens with zero attached hydrogens (tertiary/aromatic N) is 1. The summed E-state index contributed by atoms with van der Waals surface area (Å²) in [6, 6.07) is 0. The molecule has 1 heterocycles. The highest BCUT2D eigenvalue weighted by Crippen LogP contribution is 2.14. The van der Waals surface area contributed by atoms with Crippen molar-refractivity contribution in [2.75, 3.05) is 39.8 Å². The first-order valence-corrected chi connectivity index (χ1v) is 4.84. The van der Waals surface area contributed by atoms with Gasteiger partial charge in [0.25, 0.3) is 0 Å². The van der Waals surface area contributed by atoms with Crippen LogP contribution < -0.4 is 5.32 Å². The Bertz CT molecular complexity index is 103. The zero-order chi connectivity index (χ0) is 8.81. The van der Waals surface area contributed by atoms with E-state index < -0.39 is 0 Å². The third-order valence-electron chi connectivity index (χ3n) is 2.51. The lowest BCUT2D eigenvalue weighted by Gasteiger charge is -2.32. The maximum atomic E-state index is 8.78. The van der Waals surface area contributed by atoms with Crippen molar-refractivity contribution in [3.8, 4) is 0 Å². The van der Waals surface area contributed by atoms with Crippen LogP contribution in [-0.4, -0.2) is 49.8 Å². The Hall–Kier alpha value is -0.120. The number of hydrogen-bond donors (Lipinski definition) is 2. The maximum absolute atomic E-state index is 8.78. The molecule has 1 fully saturated rings. The molecule has 2 N–H and O–H groups in total. The SMILES string of the molecule is CNCC1CCCN(CCO)C1. The van der Waals surface area contributed by atoms with Crippen molar-refractivity contribution in [1.29, 1.82) is 0 Å². The Morgan fingerprint density at radius 3 is 3.08 bits per heavy atom. The fourth-order valence-electron chi connectivity index (χ4n) is 1.95. The maximum Gasteiger partial charge on any atom is 0.0558 e. The Labute approximate surface area is 74.8 Å². The van der Waals surface area contributed by atoms with Crippen LogP contribution in [0.15, 0.2) is 0 Å². The van der Waals surface area contributed by atoms with E-state index in [1.165, 1.54) is 19.4 Å². The van der Waals surface area contributed by atoms with E-state index in [1.807, 2.05) is 7.05 Å². The normalized spacial score (nSPS) is 26.0. The van der Waals surface area contributed by atoms with Crippen molar-refractivity contribution < 1.29 is 5.11 Å². The highest BCUT2D eigenvalue weighted by molar-refractivity contribution is 4.73. The van der Waals surface area contributed by atoms with Gasteiger partial charge in [0.15, 0.2) is 0 Å². The zero-order valence-corrected chi connectivity index (χ0v) is 7.92. The van der Waals surface area contributed by atoms with E-state index in [9.17, 15) is 0 Å². The molecule has 3 nitrogen and oxygen atoms in total. The molecule has 1 aliphatic rings. The van der Waals surface area contributed by atoms with Crippen LogP contribution >= 0.6 is 0 Å². The molecule has 1 rings (SSSR count). The third kappa shape index (κ3) is 3.09. The van der Waals surface area contributed by atoms with Crippen molar-refractivity contribution >= 4 is 0 Å². The summed E-state index contributed by atoms with van der Waals surface area (Å²) in [7, 11) is 2.00. The number of hydrogen-bond acceptors (Lipinski definition) is 3. The molecule has 0 aromatic rings. The first kappa shape index (κ1) is 9.96. The van der Waals surface area contributed by atoms with Gasteiger partial charge in [-0.05, 0) is 38.9 Å². The number of likely N-dealkylation sites (tertiary alicyclic amines) is 1. The molecule has 0 saturated carbocycles. The van der Waals surface area contributed by atoms with E-state index in [0.29, 0.717) is 6.61 Å². The lowest BCUT2D eigenvalue weighted by molar-refractivity contribution is 0.140. The zero-order valence-electron chi connectivity index (χ0n) is 7.92. The van der Waals surface area contributed by atoms with Gasteiger partial charge in [-0.15, -0.1) is 0 Å². The molecule has 0 aromatic carbocycles. The summed E-state index contributed by atoms with van der Waals surface area (Å²) < 4.78 is 0. The highest BCUT2D eigenvalue weighted by atomic mass is 16.3. The van der Waals surface area contributed by atoms with Gasteiger partial charge in [0.1, 0.15) is 0 Å². The molecule has 1 atom stereocenters. The molecule has 0 radical (unpaired) electrons. The van der Waals surface area contributed by atoms with Crippen LogP contribution in [-0.2, 0) is 0 Å². The van der Waals surface area contributed by atoms with Gasteiger partial charge in [-0.2, -0.15) is 0 Å². The largest absolute Gasteiger partial charge is 0.395 e. The van der Waals surface area contributed by atoms with E-state index in [2.05, 4.69) is 10.2 Å². The van der Waals surface area contributed by atoms with Crippen LogP contribution in [0.4, 0.5) is 0 Å². The summed E-state index contributed by atoms with van der Waals surface area (Å²) in [4.78, 5) is 2.35. The highest BCUT2D eigenvalue weighted by Gasteiger charge is 2.18. The molecule has 1 saturated heterocycles. The topological polar surface area (TPSA) is 35.5 Å². The minimum absolute atomic E-state index is 0.298. The van der Waals surface area contributed by atoms with Gasteiger partial charge in [-0.25, -0.2) is 0 Å². The number of piperidine rings is 1. The van der Waals surface area contributed by atoms with Crippen molar-refractivity contribution in [2.24, 2.45) is 5.92 Å². The molecular formula is C9H20N2O. The molecule has 0 bridgehead atoms. The van der Waals surface area contributed by atoms with Gasteiger partial charge >= 0.3 is 0 Å². The van der Waals surface area contributed by atoms with Crippen molar-refractivity contribution in [1.82, 2.24) is 10.2 Å². The van der Waals surface area contributed by atoms with Crippen LogP contribution in [0.3, 0.4) is 0 Å². The first-order valence-electron chi connectivity index (χ1n) is 4.84. The lowest BCUT2D eigenvalue weighted by Crippen LogP contribution is -2.40. The summed E-state index contributed by atoms with van der Waals surface area (Å²) in [5.74, 6) is 0.787. The summed E-state index contributed by atoms with van der Waals surface area (Å²) in [5, 5.41) is 12.0. The molecule has 0 aliphatic carbocycles. The quantitative estimate of drug-likeness (QED) is 0.622. The van der Waals surface area contributed by atoms with Crippen molar-refractivity contribution in [3.05, 3.63) is 0 Å². The molecule has 1 aliphatic heterocycles. The number of aliphatic hydroxyl groups is 1. The minimum atomic E-state index is 0.298. The molecule has 3 heteroatoms. The van der Waals surface area contributed by atoms with E-state index in [4.69, 9.17) is 5.11 Å². The average Bonchev–Trinajstić information content (AvgIpc) is 2.06. The Morgan fingerprint density at radius 1 is 1.58 bits per heavy atom. The summed E-state index contributed by atoms with van der Waals surface area (Å²) in [6.07, 6.45) is 2.62. The van der Waals surface area contributed by atoms with Crippen LogP contribution in [0.5, 0.6) is 0 Å². The Morgan fingerprint density at radius 2 is 2.42 bits per heavy atom. The third-order valence-corrected chi connectivity index (χ3v) is 2.51. The summed E-state index contributed by atoms with van der Waals surface area (Å²) in [5.41, 5.74) is 0. The van der Waals surface area contributed by atoms with Gasteiger partial charge < -0.3 is 15.3 Å². The van der Waals surface area contributed by atoms with Gasteiger partial charge in [0.2, 0.25) is 0 Å². The van der Waals surface area contributed by atoms with E-state index in [1.54, 1.807) is 0 Å². The number of aliphatic hydroxyl groups excluding tert-OH is 1. The molecule has 12 heavy (non-hydrogen) atoms. The second kappa shape index (κ2) is 5.51. The average molecular weight is 172 g/mol. The summed E-state index contributed by atoms with van der Waals surface area (Å²) >= 11 is 0. The predicted octanol–water partition coefficient (Wildman–Crippen LogP) is -0.0899. The first-order chi connectivity index (χ1) is 5.86. The molecule has 0 spiro atoms. The van der Waals surface area contributed by atoms with Gasteiger partial charge in [-0.3, -0.25) is 0 Å². The monoisotopic (exact) mass is 172 g/mol. The fourth-order valence-corrected chi connectivity index (χ4v) is 1.95. The molecular weight excluding hydrogens is 152 g/mol. The molecule has 1 unspecified atom stereocenters. The second-order valence-electron chi connectivity index (χ2n) is 3.59. The van der Waals surface area contributed by atoms with Crippen LogP contribution in [0.1, 0.15) is 12.8 Å². The van der Waals surface area contributed by atoms with Crippen LogP contribution in [0, 0.1) is 5.92 Å². The number of rotatable bonds is 4. The van der Waals surface area contributed by atoms with Gasteiger partial charge in [0, 0.05) is 13.1 Å². The fraction of sp³-hybridized carbons (Fsp3) is 1.00. The lowest BCUT2D eigenvalue weighted by atomic mass is 9.98. The van der Waals surface area contributed by atoms with Crippen LogP contribution in [0.25, 0.3) is 0 Å².